The van der Waals surface area contributed by atoms with Crippen LogP contribution in [0.4, 0.5) is 4.79 Å². The van der Waals surface area contributed by atoms with E-state index in [0.29, 0.717) is 6.54 Å². The van der Waals surface area contributed by atoms with E-state index in [4.69, 9.17) is 9.15 Å². The Kier molecular flexibility index (Phi) is 5.28. The minimum absolute atomic E-state index is 0.193. The fourth-order valence-electron chi connectivity index (χ4n) is 2.83. The average molecular weight is 358 g/mol. The zero-order valence-electron chi connectivity index (χ0n) is 14.6. The van der Waals surface area contributed by atoms with Gasteiger partial charge in [0.15, 0.2) is 0 Å². The monoisotopic (exact) mass is 358 g/mol. The van der Waals surface area contributed by atoms with Crippen LogP contribution in [-0.4, -0.2) is 19.7 Å². The summed E-state index contributed by atoms with van der Waals surface area (Å²) >= 11 is 1.70. The number of hydrogen-bond acceptors (Lipinski definition) is 4. The van der Waals surface area contributed by atoms with Crippen LogP contribution in [0.5, 0.6) is 5.75 Å². The van der Waals surface area contributed by atoms with Crippen molar-refractivity contribution in [2.45, 2.75) is 26.3 Å². The lowest BCUT2D eigenvalue weighted by Crippen LogP contribution is -2.38. The van der Waals surface area contributed by atoms with Crippen LogP contribution >= 0.6 is 11.3 Å². The zero-order valence-corrected chi connectivity index (χ0v) is 15.4. The van der Waals surface area contributed by atoms with Gasteiger partial charge in [0.1, 0.15) is 17.1 Å². The third-order valence-electron chi connectivity index (χ3n) is 4.16. The van der Waals surface area contributed by atoms with Gasteiger partial charge in [0, 0.05) is 22.4 Å². The fourth-order valence-corrected chi connectivity index (χ4v) is 3.54. The first kappa shape index (κ1) is 17.4. The molecule has 1 atom stereocenters. The molecule has 0 aliphatic rings. The van der Waals surface area contributed by atoms with Gasteiger partial charge in [-0.15, -0.1) is 11.3 Å². The molecule has 0 saturated carbocycles. The van der Waals surface area contributed by atoms with Crippen LogP contribution in [0.3, 0.4) is 0 Å². The van der Waals surface area contributed by atoms with E-state index in [2.05, 4.69) is 16.7 Å². The summed E-state index contributed by atoms with van der Waals surface area (Å²) in [6.07, 6.45) is 0.836. The summed E-state index contributed by atoms with van der Waals surface area (Å²) in [5.74, 6) is 1.55. The third-order valence-corrected chi connectivity index (χ3v) is 5.09. The number of amides is 2. The Labute approximate surface area is 151 Å². The molecule has 0 bridgehead atoms. The highest BCUT2D eigenvalue weighted by atomic mass is 32.1. The van der Waals surface area contributed by atoms with Crippen molar-refractivity contribution in [3.8, 4) is 5.75 Å². The number of carbonyl (C=O) groups is 1. The van der Waals surface area contributed by atoms with E-state index in [1.54, 1.807) is 18.4 Å². The predicted molar refractivity (Wildman–Crippen MR) is 100 cm³/mol. The molecule has 0 radical (unpaired) electrons. The Hall–Kier alpha value is -2.47. The van der Waals surface area contributed by atoms with Crippen LogP contribution in [0.1, 0.15) is 29.2 Å². The standard InChI is InChI=1S/C19H22N2O3S/c1-12-16-11-14(23-3)6-7-17(16)24-18(12)13(2)21-19(22)20-9-8-15-5-4-10-25-15/h4-7,10-11,13H,8-9H2,1-3H3,(H2,20,21,22). The molecule has 3 aromatic rings. The van der Waals surface area contributed by atoms with Crippen LogP contribution in [0, 0.1) is 6.92 Å². The Balaban J connectivity index is 1.62. The highest BCUT2D eigenvalue weighted by Crippen LogP contribution is 2.31. The van der Waals surface area contributed by atoms with Gasteiger partial charge >= 0.3 is 6.03 Å². The molecule has 1 aromatic carbocycles. The number of carbonyl (C=O) groups excluding carboxylic acids is 1. The summed E-state index contributed by atoms with van der Waals surface area (Å²) in [6, 6.07) is 9.37. The minimum atomic E-state index is -0.222. The van der Waals surface area contributed by atoms with Crippen molar-refractivity contribution in [1.29, 1.82) is 0 Å². The van der Waals surface area contributed by atoms with Gasteiger partial charge in [0.05, 0.1) is 13.2 Å². The third kappa shape index (κ3) is 3.96. The van der Waals surface area contributed by atoms with Gasteiger partial charge in [-0.05, 0) is 49.9 Å². The molecule has 3 rings (SSSR count). The number of thiophene rings is 1. The number of benzene rings is 1. The van der Waals surface area contributed by atoms with E-state index in [9.17, 15) is 4.79 Å². The van der Waals surface area contributed by atoms with E-state index < -0.39 is 0 Å². The van der Waals surface area contributed by atoms with Gasteiger partial charge < -0.3 is 19.8 Å². The first-order valence-electron chi connectivity index (χ1n) is 8.22. The zero-order chi connectivity index (χ0) is 17.8. The molecule has 1 unspecified atom stereocenters. The number of fused-ring (bicyclic) bond motifs is 1. The molecular formula is C19H22N2O3S. The van der Waals surface area contributed by atoms with Crippen molar-refractivity contribution < 1.29 is 13.9 Å². The molecule has 0 spiro atoms. The SMILES string of the molecule is COc1ccc2oc(C(C)NC(=O)NCCc3cccs3)c(C)c2c1. The quantitative estimate of drug-likeness (QED) is 0.686. The molecular weight excluding hydrogens is 336 g/mol. The molecule has 5 nitrogen and oxygen atoms in total. The van der Waals surface area contributed by atoms with Crippen molar-refractivity contribution >= 4 is 28.3 Å². The number of nitrogens with one attached hydrogen (secondary N) is 2. The van der Waals surface area contributed by atoms with E-state index in [1.165, 1.54) is 4.88 Å². The maximum absolute atomic E-state index is 12.1. The molecule has 0 fully saturated rings. The van der Waals surface area contributed by atoms with Crippen LogP contribution in [0.25, 0.3) is 11.0 Å². The summed E-state index contributed by atoms with van der Waals surface area (Å²) in [6.45, 7) is 4.52. The van der Waals surface area contributed by atoms with Crippen molar-refractivity contribution in [3.63, 3.8) is 0 Å². The van der Waals surface area contributed by atoms with Crippen LogP contribution in [-0.2, 0) is 6.42 Å². The molecule has 2 amide bonds. The maximum Gasteiger partial charge on any atom is 0.315 e. The molecule has 25 heavy (non-hydrogen) atoms. The fraction of sp³-hybridized carbons (Fsp3) is 0.316. The number of hydrogen-bond donors (Lipinski definition) is 2. The smallest absolute Gasteiger partial charge is 0.315 e. The molecule has 132 valence electrons. The first-order valence-corrected chi connectivity index (χ1v) is 9.10. The average Bonchev–Trinajstić information content (AvgIpc) is 3.23. The van der Waals surface area contributed by atoms with Gasteiger partial charge in [-0.25, -0.2) is 4.79 Å². The Morgan fingerprint density at radius 3 is 2.92 bits per heavy atom. The molecule has 0 saturated heterocycles. The summed E-state index contributed by atoms with van der Waals surface area (Å²) in [7, 11) is 1.64. The predicted octanol–water partition coefficient (Wildman–Crippen LogP) is 4.41. The van der Waals surface area contributed by atoms with Gasteiger partial charge in [0.2, 0.25) is 0 Å². The summed E-state index contributed by atoms with van der Waals surface area (Å²) in [5.41, 5.74) is 1.81. The number of methoxy groups -OCH3 is 1. The van der Waals surface area contributed by atoms with E-state index >= 15 is 0 Å². The Bertz CT molecular complexity index is 855. The lowest BCUT2D eigenvalue weighted by Gasteiger charge is -2.13. The van der Waals surface area contributed by atoms with Crippen LogP contribution < -0.4 is 15.4 Å². The summed E-state index contributed by atoms with van der Waals surface area (Å²) < 4.78 is 11.2. The molecule has 2 N–H and O–H groups in total. The highest BCUT2D eigenvalue weighted by molar-refractivity contribution is 7.09. The number of ether oxygens (including phenoxy) is 1. The van der Waals surface area contributed by atoms with Gasteiger partial charge in [-0.3, -0.25) is 0 Å². The number of furan rings is 1. The van der Waals surface area contributed by atoms with Gasteiger partial charge in [0.25, 0.3) is 0 Å². The number of urea groups is 1. The topological polar surface area (TPSA) is 63.5 Å². The lowest BCUT2D eigenvalue weighted by molar-refractivity contribution is 0.236. The Morgan fingerprint density at radius 1 is 1.36 bits per heavy atom. The van der Waals surface area contributed by atoms with E-state index in [1.807, 2.05) is 43.5 Å². The van der Waals surface area contributed by atoms with Crippen molar-refractivity contribution in [2.75, 3.05) is 13.7 Å². The van der Waals surface area contributed by atoms with Gasteiger partial charge in [-0.1, -0.05) is 6.07 Å². The lowest BCUT2D eigenvalue weighted by atomic mass is 10.1. The highest BCUT2D eigenvalue weighted by Gasteiger charge is 2.18. The van der Waals surface area contributed by atoms with Crippen molar-refractivity contribution in [1.82, 2.24) is 10.6 Å². The normalized spacial score (nSPS) is 12.1. The second-order valence-corrected chi connectivity index (χ2v) is 6.94. The van der Waals surface area contributed by atoms with Crippen molar-refractivity contribution in [3.05, 3.63) is 51.9 Å². The summed E-state index contributed by atoms with van der Waals surface area (Å²) in [4.78, 5) is 13.4. The molecule has 2 heterocycles. The Morgan fingerprint density at radius 2 is 2.20 bits per heavy atom. The minimum Gasteiger partial charge on any atom is -0.497 e. The molecule has 2 aromatic heterocycles. The molecule has 6 heteroatoms. The second kappa shape index (κ2) is 7.61. The van der Waals surface area contributed by atoms with Crippen molar-refractivity contribution in [2.24, 2.45) is 0 Å². The molecule has 0 aliphatic carbocycles. The number of rotatable bonds is 6. The second-order valence-electron chi connectivity index (χ2n) is 5.90. The van der Waals surface area contributed by atoms with Crippen LogP contribution in [0.2, 0.25) is 0 Å². The van der Waals surface area contributed by atoms with Crippen LogP contribution in [0.15, 0.2) is 40.1 Å². The van der Waals surface area contributed by atoms with Gasteiger partial charge in [-0.2, -0.15) is 0 Å². The largest absolute Gasteiger partial charge is 0.497 e. The molecule has 0 aliphatic heterocycles. The van der Waals surface area contributed by atoms with E-state index in [0.717, 1.165) is 34.5 Å². The summed E-state index contributed by atoms with van der Waals surface area (Å²) in [5, 5.41) is 8.86. The maximum atomic E-state index is 12.1. The van der Waals surface area contributed by atoms with E-state index in [-0.39, 0.29) is 12.1 Å². The number of aryl methyl sites for hydroxylation is 1. The first-order chi connectivity index (χ1) is 12.1.